The van der Waals surface area contributed by atoms with Crippen LogP contribution in [0.4, 0.5) is 14.9 Å². The summed E-state index contributed by atoms with van der Waals surface area (Å²) in [5, 5.41) is 16.8. The molecule has 11 heteroatoms. The third-order valence-corrected chi connectivity index (χ3v) is 4.54. The van der Waals surface area contributed by atoms with Gasteiger partial charge in [0, 0.05) is 12.5 Å². The van der Waals surface area contributed by atoms with Crippen molar-refractivity contribution in [2.75, 3.05) is 18.0 Å². The third kappa shape index (κ3) is 5.25. The van der Waals surface area contributed by atoms with Gasteiger partial charge in [0.1, 0.15) is 6.10 Å². The maximum atomic E-state index is 14.9. The number of hydrogen-bond acceptors (Lipinski definition) is 6. The fourth-order valence-corrected chi connectivity index (χ4v) is 3.05. The zero-order valence-electron chi connectivity index (χ0n) is 16.5. The molecule has 1 atom stereocenters. The fraction of sp³-hybridized carbons (Fsp3) is 0.200. The zero-order chi connectivity index (χ0) is 22.5. The number of aromatic hydroxyl groups is 1. The number of phenolic OH excluding ortho intramolecular Hbond substituents is 1. The highest BCUT2D eigenvalue weighted by molar-refractivity contribution is 7.80. The van der Waals surface area contributed by atoms with E-state index in [1.807, 2.05) is 0 Å². The van der Waals surface area contributed by atoms with E-state index in [-0.39, 0.29) is 35.4 Å². The second-order valence-corrected chi connectivity index (χ2v) is 7.14. The summed E-state index contributed by atoms with van der Waals surface area (Å²) in [4.78, 5) is 24.3. The number of amides is 2. The van der Waals surface area contributed by atoms with Gasteiger partial charge in [0.2, 0.25) is 5.91 Å². The van der Waals surface area contributed by atoms with Gasteiger partial charge in [-0.05, 0) is 35.5 Å². The van der Waals surface area contributed by atoms with Crippen LogP contribution in [-0.4, -0.2) is 47.6 Å². The number of nitrogens with two attached hydrogens (primary N) is 1. The second-order valence-electron chi connectivity index (χ2n) is 6.70. The number of nitrogens with one attached hydrogen (secondary N) is 2. The summed E-state index contributed by atoms with van der Waals surface area (Å²) < 4.78 is 20.1. The first kappa shape index (κ1) is 22.0. The van der Waals surface area contributed by atoms with Crippen molar-refractivity contribution in [1.29, 1.82) is 0 Å². The van der Waals surface area contributed by atoms with Gasteiger partial charge in [0.25, 0.3) is 0 Å². The number of thiocarbonyl (C=S) groups is 1. The molecule has 31 heavy (non-hydrogen) atoms. The van der Waals surface area contributed by atoms with Crippen LogP contribution in [0, 0.1) is 5.82 Å². The minimum atomic E-state index is -0.868. The molecular formula is C20H20FN5O4S. The van der Waals surface area contributed by atoms with Crippen molar-refractivity contribution in [3.8, 4) is 16.9 Å². The number of anilines is 1. The van der Waals surface area contributed by atoms with E-state index in [0.29, 0.717) is 5.56 Å². The number of rotatable bonds is 6. The molecule has 9 nitrogen and oxygen atoms in total. The van der Waals surface area contributed by atoms with Crippen LogP contribution in [0.1, 0.15) is 12.5 Å². The number of hydrazone groups is 1. The maximum absolute atomic E-state index is 14.9. The number of hydrogen-bond donors (Lipinski definition) is 4. The topological polar surface area (TPSA) is 129 Å². The SMILES string of the molecule is CC(=O)NCC1CN(c2ccc(-c3ccc(C=NNC(N)=S)cc3)c(F)c2O)C(=O)O1. The molecule has 1 fully saturated rings. The summed E-state index contributed by atoms with van der Waals surface area (Å²) in [5.74, 6) is -1.79. The Labute approximate surface area is 182 Å². The number of phenols is 1. The molecular weight excluding hydrogens is 425 g/mol. The number of halogens is 1. The van der Waals surface area contributed by atoms with Crippen molar-refractivity contribution in [2.24, 2.45) is 10.8 Å². The molecule has 1 unspecified atom stereocenters. The Morgan fingerprint density at radius 1 is 1.39 bits per heavy atom. The predicted octanol–water partition coefficient (Wildman–Crippen LogP) is 1.83. The zero-order valence-corrected chi connectivity index (χ0v) is 17.3. The molecule has 1 aliphatic rings. The molecule has 0 saturated carbocycles. The summed E-state index contributed by atoms with van der Waals surface area (Å²) in [6, 6.07) is 9.64. The lowest BCUT2D eigenvalue weighted by atomic mass is 10.0. The van der Waals surface area contributed by atoms with Crippen molar-refractivity contribution in [1.82, 2.24) is 10.7 Å². The van der Waals surface area contributed by atoms with Gasteiger partial charge in [-0.1, -0.05) is 24.3 Å². The Morgan fingerprint density at radius 2 is 2.10 bits per heavy atom. The van der Waals surface area contributed by atoms with Crippen molar-refractivity contribution in [3.05, 3.63) is 47.8 Å². The summed E-state index contributed by atoms with van der Waals surface area (Å²) in [7, 11) is 0. The molecule has 0 bridgehead atoms. The van der Waals surface area contributed by atoms with E-state index in [1.54, 1.807) is 24.3 Å². The Hall–Kier alpha value is -3.73. The average Bonchev–Trinajstić information content (AvgIpc) is 3.09. The minimum Gasteiger partial charge on any atom is -0.503 e. The highest BCUT2D eigenvalue weighted by atomic mass is 32.1. The van der Waals surface area contributed by atoms with Crippen molar-refractivity contribution in [3.63, 3.8) is 0 Å². The summed E-state index contributed by atoms with van der Waals surface area (Å²) in [6.07, 6.45) is 0.166. The monoisotopic (exact) mass is 445 g/mol. The van der Waals surface area contributed by atoms with E-state index < -0.39 is 23.8 Å². The Morgan fingerprint density at radius 3 is 2.74 bits per heavy atom. The number of benzene rings is 2. The predicted molar refractivity (Wildman–Crippen MR) is 117 cm³/mol. The van der Waals surface area contributed by atoms with Crippen LogP contribution in [-0.2, 0) is 9.53 Å². The van der Waals surface area contributed by atoms with Crippen molar-refractivity contribution >= 4 is 41.2 Å². The first-order valence-electron chi connectivity index (χ1n) is 9.19. The van der Waals surface area contributed by atoms with E-state index in [9.17, 15) is 19.1 Å². The lowest BCUT2D eigenvalue weighted by Gasteiger charge is -2.16. The van der Waals surface area contributed by atoms with Crippen LogP contribution in [0.5, 0.6) is 5.75 Å². The Kier molecular flexibility index (Phi) is 6.65. The molecule has 0 aromatic heterocycles. The molecule has 2 aromatic rings. The standard InChI is InChI=1S/C20H20FN5O4S/c1-11(27)23-9-14-10-26(20(29)30-14)16-7-6-15(17(21)18(16)28)13-4-2-12(3-5-13)8-24-25-19(22)31/h2-8,14,28H,9-10H2,1H3,(H,23,27)(H3,22,25,31). The number of carbonyl (C=O) groups is 2. The van der Waals surface area contributed by atoms with Crippen LogP contribution in [0.2, 0.25) is 0 Å². The maximum Gasteiger partial charge on any atom is 0.414 e. The highest BCUT2D eigenvalue weighted by Gasteiger charge is 2.34. The van der Waals surface area contributed by atoms with E-state index in [4.69, 9.17) is 10.5 Å². The molecule has 5 N–H and O–H groups in total. The van der Waals surface area contributed by atoms with Gasteiger partial charge >= 0.3 is 6.09 Å². The van der Waals surface area contributed by atoms with Crippen molar-refractivity contribution < 1.29 is 23.8 Å². The van der Waals surface area contributed by atoms with E-state index >= 15 is 0 Å². The van der Waals surface area contributed by atoms with Gasteiger partial charge in [-0.3, -0.25) is 15.1 Å². The van der Waals surface area contributed by atoms with Gasteiger partial charge in [-0.2, -0.15) is 5.10 Å². The quantitative estimate of drug-likeness (QED) is 0.303. The normalized spacial score (nSPS) is 15.7. The Balaban J connectivity index is 1.78. The van der Waals surface area contributed by atoms with E-state index in [0.717, 1.165) is 10.5 Å². The van der Waals surface area contributed by atoms with Crippen LogP contribution in [0.25, 0.3) is 11.1 Å². The van der Waals surface area contributed by atoms with Crippen LogP contribution < -0.4 is 21.4 Å². The van der Waals surface area contributed by atoms with Gasteiger partial charge in [-0.25, -0.2) is 9.18 Å². The van der Waals surface area contributed by atoms with Gasteiger partial charge in [0.15, 0.2) is 16.7 Å². The number of cyclic esters (lactones) is 1. The molecule has 2 amide bonds. The molecule has 1 heterocycles. The van der Waals surface area contributed by atoms with E-state index in [1.165, 1.54) is 25.3 Å². The molecule has 162 valence electrons. The summed E-state index contributed by atoms with van der Waals surface area (Å²) in [6.45, 7) is 1.54. The number of nitrogens with zero attached hydrogens (tertiary/aromatic N) is 2. The minimum absolute atomic E-state index is 0.0100. The van der Waals surface area contributed by atoms with Crippen LogP contribution in [0.3, 0.4) is 0 Å². The molecule has 3 rings (SSSR count). The van der Waals surface area contributed by atoms with Crippen LogP contribution >= 0.6 is 12.2 Å². The number of ether oxygens (including phenoxy) is 1. The third-order valence-electron chi connectivity index (χ3n) is 4.45. The fourth-order valence-electron chi connectivity index (χ4n) is 3.00. The molecule has 0 spiro atoms. The molecule has 1 aliphatic heterocycles. The van der Waals surface area contributed by atoms with Crippen LogP contribution in [0.15, 0.2) is 41.5 Å². The number of carbonyl (C=O) groups excluding carboxylic acids is 2. The Bertz CT molecular complexity index is 1040. The summed E-state index contributed by atoms with van der Waals surface area (Å²) >= 11 is 4.65. The molecule has 1 saturated heterocycles. The largest absolute Gasteiger partial charge is 0.503 e. The lowest BCUT2D eigenvalue weighted by Crippen LogP contribution is -2.33. The molecule has 2 aromatic carbocycles. The van der Waals surface area contributed by atoms with Gasteiger partial charge in [-0.15, -0.1) is 0 Å². The molecule has 0 aliphatic carbocycles. The van der Waals surface area contributed by atoms with E-state index in [2.05, 4.69) is 28.1 Å². The lowest BCUT2D eigenvalue weighted by molar-refractivity contribution is -0.119. The first-order chi connectivity index (χ1) is 14.8. The first-order valence-corrected chi connectivity index (χ1v) is 9.60. The highest BCUT2D eigenvalue weighted by Crippen LogP contribution is 2.38. The smallest absolute Gasteiger partial charge is 0.414 e. The average molecular weight is 445 g/mol. The van der Waals surface area contributed by atoms with Gasteiger partial charge in [0.05, 0.1) is 25.0 Å². The van der Waals surface area contributed by atoms with Crippen molar-refractivity contribution in [2.45, 2.75) is 13.0 Å². The molecule has 0 radical (unpaired) electrons. The second kappa shape index (κ2) is 9.39. The van der Waals surface area contributed by atoms with Gasteiger partial charge < -0.3 is 20.9 Å². The summed E-state index contributed by atoms with van der Waals surface area (Å²) in [5.41, 5.74) is 9.10.